The maximum absolute atomic E-state index is 11.2. The molecule has 2 heterocycles. The third kappa shape index (κ3) is 3.05. The number of aromatic nitrogens is 2. The van der Waals surface area contributed by atoms with Crippen molar-refractivity contribution in [2.45, 2.75) is 6.92 Å². The number of aromatic amines is 1. The van der Waals surface area contributed by atoms with Gasteiger partial charge in [0.2, 0.25) is 0 Å². The number of carboxylic acids is 1. The fraction of sp³-hybridized carbons (Fsp3) is 0.0526. The highest BCUT2D eigenvalue weighted by molar-refractivity contribution is 7.17. The van der Waals surface area contributed by atoms with Crippen molar-refractivity contribution >= 4 is 39.8 Å². The van der Waals surface area contributed by atoms with Crippen molar-refractivity contribution in [3.63, 3.8) is 0 Å². The van der Waals surface area contributed by atoms with Gasteiger partial charge in [-0.05, 0) is 31.2 Å². The van der Waals surface area contributed by atoms with E-state index in [2.05, 4.69) is 9.97 Å². The van der Waals surface area contributed by atoms with Crippen LogP contribution in [0.2, 0.25) is 5.02 Å². The molecule has 0 bridgehead atoms. The van der Waals surface area contributed by atoms with Gasteiger partial charge in [0.25, 0.3) is 0 Å². The number of benzene rings is 2. The number of thiazole rings is 1. The molecule has 0 saturated heterocycles. The molecule has 0 radical (unpaired) electrons. The average molecular weight is 385 g/mol. The summed E-state index contributed by atoms with van der Waals surface area (Å²) in [4.78, 5) is 19.0. The number of hydrogen-bond donors (Lipinski definition) is 2. The van der Waals surface area contributed by atoms with Gasteiger partial charge in [0, 0.05) is 11.5 Å². The zero-order valence-corrected chi connectivity index (χ0v) is 15.2. The topological polar surface area (TPSA) is 75.2 Å². The van der Waals surface area contributed by atoms with E-state index in [4.69, 9.17) is 16.3 Å². The molecule has 26 heavy (non-hydrogen) atoms. The molecule has 0 spiro atoms. The molecule has 130 valence electrons. The highest BCUT2D eigenvalue weighted by Crippen LogP contribution is 2.35. The lowest BCUT2D eigenvalue weighted by molar-refractivity contribution is 0.0701. The Labute approximate surface area is 157 Å². The second-order valence-electron chi connectivity index (χ2n) is 5.71. The summed E-state index contributed by atoms with van der Waals surface area (Å²) in [6.45, 7) is 1.69. The van der Waals surface area contributed by atoms with Crippen LogP contribution in [0.15, 0.2) is 48.5 Å². The summed E-state index contributed by atoms with van der Waals surface area (Å²) in [5.74, 6) is 0.375. The fourth-order valence-corrected chi connectivity index (χ4v) is 3.82. The predicted octanol–water partition coefficient (Wildman–Crippen LogP) is 5.74. The van der Waals surface area contributed by atoms with Crippen LogP contribution in [0.3, 0.4) is 0 Å². The van der Waals surface area contributed by atoms with E-state index in [1.54, 1.807) is 13.0 Å². The first-order chi connectivity index (χ1) is 12.5. The van der Waals surface area contributed by atoms with Crippen molar-refractivity contribution in [1.82, 2.24) is 9.97 Å². The van der Waals surface area contributed by atoms with Crippen LogP contribution >= 0.6 is 22.9 Å². The molecule has 7 heteroatoms. The number of rotatable bonds is 4. The van der Waals surface area contributed by atoms with E-state index in [0.29, 0.717) is 21.5 Å². The SMILES string of the molecule is Cc1nc(-c2cc3cc(Oc4ccccc4)cc(Cl)c3[nH]2)sc1C(=O)O. The minimum Gasteiger partial charge on any atom is -0.477 e. The van der Waals surface area contributed by atoms with E-state index < -0.39 is 5.97 Å². The van der Waals surface area contributed by atoms with Gasteiger partial charge >= 0.3 is 5.97 Å². The first kappa shape index (κ1) is 16.6. The summed E-state index contributed by atoms with van der Waals surface area (Å²) in [7, 11) is 0. The van der Waals surface area contributed by atoms with Gasteiger partial charge in [-0.25, -0.2) is 9.78 Å². The second kappa shape index (κ2) is 6.48. The van der Waals surface area contributed by atoms with Gasteiger partial charge in [0.05, 0.1) is 21.9 Å². The van der Waals surface area contributed by atoms with Gasteiger partial charge in [0.1, 0.15) is 21.4 Å². The van der Waals surface area contributed by atoms with Crippen molar-refractivity contribution in [2.75, 3.05) is 0 Å². The summed E-state index contributed by atoms with van der Waals surface area (Å²) < 4.78 is 5.85. The number of carbonyl (C=O) groups is 1. The Balaban J connectivity index is 1.74. The molecule has 0 fully saturated rings. The Kier molecular flexibility index (Phi) is 4.14. The number of nitrogens with one attached hydrogen (secondary N) is 1. The molecule has 5 nitrogen and oxygen atoms in total. The number of ether oxygens (including phenoxy) is 1. The molecule has 0 amide bonds. The molecular formula is C19H13ClN2O3S. The van der Waals surface area contributed by atoms with E-state index >= 15 is 0 Å². The average Bonchev–Trinajstić information content (AvgIpc) is 3.19. The van der Waals surface area contributed by atoms with Crippen molar-refractivity contribution in [3.05, 3.63) is 64.1 Å². The number of H-pyrrole nitrogens is 1. The Hall–Kier alpha value is -2.83. The molecule has 2 N–H and O–H groups in total. The lowest BCUT2D eigenvalue weighted by Gasteiger charge is -2.06. The number of aryl methyl sites for hydroxylation is 1. The molecule has 0 unspecified atom stereocenters. The molecule has 2 aromatic heterocycles. The molecule has 4 aromatic rings. The molecule has 0 saturated carbocycles. The number of fused-ring (bicyclic) bond motifs is 1. The Morgan fingerprint density at radius 1 is 1.19 bits per heavy atom. The van der Waals surface area contributed by atoms with E-state index in [1.807, 2.05) is 42.5 Å². The molecular weight excluding hydrogens is 372 g/mol. The lowest BCUT2D eigenvalue weighted by Crippen LogP contribution is -1.94. The molecule has 0 atom stereocenters. The van der Waals surface area contributed by atoms with Crippen molar-refractivity contribution < 1.29 is 14.6 Å². The van der Waals surface area contributed by atoms with Crippen LogP contribution in [-0.2, 0) is 0 Å². The van der Waals surface area contributed by atoms with Gasteiger partial charge in [-0.15, -0.1) is 11.3 Å². The van der Waals surface area contributed by atoms with Crippen LogP contribution in [0, 0.1) is 6.92 Å². The van der Waals surface area contributed by atoms with Gasteiger partial charge in [-0.3, -0.25) is 0 Å². The predicted molar refractivity (Wildman–Crippen MR) is 103 cm³/mol. The fourth-order valence-electron chi connectivity index (χ4n) is 2.68. The van der Waals surface area contributed by atoms with Crippen LogP contribution in [0.4, 0.5) is 0 Å². The minimum absolute atomic E-state index is 0.234. The standard InChI is InChI=1S/C19H13ClN2O3S/c1-10-17(19(23)24)26-18(21-10)15-8-11-7-13(9-14(20)16(11)22-15)25-12-5-3-2-4-6-12/h2-9,22H,1H3,(H,23,24). The molecule has 0 aliphatic heterocycles. The van der Waals surface area contributed by atoms with E-state index in [9.17, 15) is 9.90 Å². The van der Waals surface area contributed by atoms with Gasteiger partial charge in [0.15, 0.2) is 0 Å². The number of carboxylic acid groups (broad SMARTS) is 1. The third-order valence-electron chi connectivity index (χ3n) is 3.85. The van der Waals surface area contributed by atoms with Crippen molar-refractivity contribution in [2.24, 2.45) is 0 Å². The number of halogens is 1. The van der Waals surface area contributed by atoms with Crippen molar-refractivity contribution in [1.29, 1.82) is 0 Å². The Morgan fingerprint density at radius 3 is 2.65 bits per heavy atom. The van der Waals surface area contributed by atoms with Gasteiger partial charge < -0.3 is 14.8 Å². The van der Waals surface area contributed by atoms with Crippen LogP contribution in [0.25, 0.3) is 21.6 Å². The van der Waals surface area contributed by atoms with Crippen LogP contribution < -0.4 is 4.74 Å². The molecule has 0 aliphatic carbocycles. The second-order valence-corrected chi connectivity index (χ2v) is 7.11. The van der Waals surface area contributed by atoms with Gasteiger partial charge in [-0.1, -0.05) is 29.8 Å². The van der Waals surface area contributed by atoms with E-state index in [-0.39, 0.29) is 4.88 Å². The zero-order chi connectivity index (χ0) is 18.3. The first-order valence-electron chi connectivity index (χ1n) is 7.77. The van der Waals surface area contributed by atoms with Crippen LogP contribution in [0.5, 0.6) is 11.5 Å². The van der Waals surface area contributed by atoms with Crippen molar-refractivity contribution in [3.8, 4) is 22.2 Å². The molecule has 2 aromatic carbocycles. The summed E-state index contributed by atoms with van der Waals surface area (Å²) in [5.41, 5.74) is 1.97. The third-order valence-corrected chi connectivity index (χ3v) is 5.33. The summed E-state index contributed by atoms with van der Waals surface area (Å²) >= 11 is 7.53. The first-order valence-corrected chi connectivity index (χ1v) is 8.97. The number of nitrogens with zero attached hydrogens (tertiary/aromatic N) is 1. The largest absolute Gasteiger partial charge is 0.477 e. The quantitative estimate of drug-likeness (QED) is 0.470. The Morgan fingerprint density at radius 2 is 1.96 bits per heavy atom. The Bertz CT molecular complexity index is 1120. The monoisotopic (exact) mass is 384 g/mol. The van der Waals surface area contributed by atoms with Crippen LogP contribution in [-0.4, -0.2) is 21.0 Å². The maximum atomic E-state index is 11.2. The summed E-state index contributed by atoms with van der Waals surface area (Å²) in [6.07, 6.45) is 0. The minimum atomic E-state index is -0.973. The highest BCUT2D eigenvalue weighted by Gasteiger charge is 2.17. The number of aromatic carboxylic acids is 1. The van der Waals surface area contributed by atoms with E-state index in [1.165, 1.54) is 0 Å². The molecule has 0 aliphatic rings. The van der Waals surface area contributed by atoms with Gasteiger partial charge in [-0.2, -0.15) is 0 Å². The molecule has 4 rings (SSSR count). The smallest absolute Gasteiger partial charge is 0.347 e. The summed E-state index contributed by atoms with van der Waals surface area (Å²) in [5, 5.41) is 11.2. The maximum Gasteiger partial charge on any atom is 0.347 e. The lowest BCUT2D eigenvalue weighted by atomic mass is 10.2. The van der Waals surface area contributed by atoms with Crippen LogP contribution in [0.1, 0.15) is 15.4 Å². The number of para-hydroxylation sites is 1. The zero-order valence-electron chi connectivity index (χ0n) is 13.6. The summed E-state index contributed by atoms with van der Waals surface area (Å²) in [6, 6.07) is 15.0. The normalized spacial score (nSPS) is 11.0. The number of hydrogen-bond acceptors (Lipinski definition) is 4. The highest BCUT2D eigenvalue weighted by atomic mass is 35.5. The van der Waals surface area contributed by atoms with E-state index in [0.717, 1.165) is 33.7 Å².